The molecule has 25 heavy (non-hydrogen) atoms. The zero-order valence-corrected chi connectivity index (χ0v) is 13.3. The molecule has 0 aromatic heterocycles. The highest BCUT2D eigenvalue weighted by molar-refractivity contribution is 6.47. The van der Waals surface area contributed by atoms with Crippen LogP contribution in [0.1, 0.15) is 17.0 Å². The number of aliphatic hydroxyl groups is 2. The highest BCUT2D eigenvalue weighted by Crippen LogP contribution is 2.42. The zero-order chi connectivity index (χ0) is 17.6. The molecule has 2 aliphatic rings. The molecule has 0 radical (unpaired) electrons. The standard InChI is InChI=1S/C18H17N3O4/c22-7-10-2-1-3-11(4-10)12-5-15-13(6-16(12)24)14(8-23)17(25)18-20-19-9-21(15)18/h1-6,14,19,22-24H,7-9H2. The molecule has 2 aliphatic heterocycles. The first-order valence-corrected chi connectivity index (χ1v) is 7.94. The number of Topliss-reactive ketones (excluding diaryl/α,β-unsaturated/α-hetero) is 1. The molecule has 0 spiro atoms. The molecule has 128 valence electrons. The number of aliphatic hydroxyl groups excluding tert-OH is 2. The van der Waals surface area contributed by atoms with Crippen LogP contribution in [0.25, 0.3) is 11.1 Å². The van der Waals surface area contributed by atoms with E-state index in [1.165, 1.54) is 6.07 Å². The molecule has 0 amide bonds. The maximum absolute atomic E-state index is 12.5. The second kappa shape index (κ2) is 5.87. The average molecular weight is 339 g/mol. The second-order valence-corrected chi connectivity index (χ2v) is 6.07. The van der Waals surface area contributed by atoms with Crippen molar-refractivity contribution in [3.05, 3.63) is 47.5 Å². The Morgan fingerprint density at radius 1 is 1.24 bits per heavy atom. The molecule has 0 bridgehead atoms. The second-order valence-electron chi connectivity index (χ2n) is 6.07. The van der Waals surface area contributed by atoms with Crippen LogP contribution >= 0.6 is 0 Å². The van der Waals surface area contributed by atoms with E-state index in [1.54, 1.807) is 23.1 Å². The molecule has 2 aromatic carbocycles. The number of fused-ring (bicyclic) bond motifs is 3. The number of ketones is 1. The molecule has 4 N–H and O–H groups in total. The van der Waals surface area contributed by atoms with Gasteiger partial charge in [-0.25, -0.2) is 0 Å². The number of nitrogens with zero attached hydrogens (tertiary/aromatic N) is 2. The molecule has 0 saturated heterocycles. The minimum atomic E-state index is -0.742. The van der Waals surface area contributed by atoms with Gasteiger partial charge in [-0.2, -0.15) is 5.10 Å². The van der Waals surface area contributed by atoms with E-state index < -0.39 is 5.92 Å². The Morgan fingerprint density at radius 3 is 2.84 bits per heavy atom. The Labute approximate surface area is 143 Å². The molecule has 7 heteroatoms. The van der Waals surface area contributed by atoms with Gasteiger partial charge in [0.2, 0.25) is 5.78 Å². The van der Waals surface area contributed by atoms with Crippen LogP contribution < -0.4 is 10.3 Å². The van der Waals surface area contributed by atoms with Crippen LogP contribution in [0.5, 0.6) is 5.75 Å². The first kappa shape index (κ1) is 15.6. The van der Waals surface area contributed by atoms with Gasteiger partial charge in [0.25, 0.3) is 0 Å². The lowest BCUT2D eigenvalue weighted by molar-refractivity contribution is -0.115. The fourth-order valence-electron chi connectivity index (χ4n) is 3.36. The van der Waals surface area contributed by atoms with E-state index in [9.17, 15) is 20.1 Å². The fraction of sp³-hybridized carbons (Fsp3) is 0.222. The molecule has 0 saturated carbocycles. The fourth-order valence-corrected chi connectivity index (χ4v) is 3.36. The summed E-state index contributed by atoms with van der Waals surface area (Å²) in [7, 11) is 0. The number of hydrogen-bond donors (Lipinski definition) is 4. The lowest BCUT2D eigenvalue weighted by Gasteiger charge is -2.31. The summed E-state index contributed by atoms with van der Waals surface area (Å²) < 4.78 is 0. The van der Waals surface area contributed by atoms with Crippen LogP contribution in [-0.2, 0) is 11.4 Å². The molecule has 0 aliphatic carbocycles. The SMILES string of the molecule is O=C1C2=NNCN2c2cc(-c3cccc(CO)c3)c(O)cc2C1CO. The third kappa shape index (κ3) is 2.36. The number of phenolic OH excluding ortho intramolecular Hbond substituents is 1. The van der Waals surface area contributed by atoms with Crippen molar-refractivity contribution in [3.63, 3.8) is 0 Å². The number of aromatic hydroxyl groups is 1. The Morgan fingerprint density at radius 2 is 2.08 bits per heavy atom. The van der Waals surface area contributed by atoms with Crippen molar-refractivity contribution in [2.24, 2.45) is 5.10 Å². The Hall–Kier alpha value is -2.90. The molecular formula is C18H17N3O4. The predicted molar refractivity (Wildman–Crippen MR) is 92.2 cm³/mol. The van der Waals surface area contributed by atoms with Crippen LogP contribution in [-0.4, -0.2) is 40.2 Å². The van der Waals surface area contributed by atoms with Crippen molar-refractivity contribution >= 4 is 17.3 Å². The van der Waals surface area contributed by atoms with Gasteiger partial charge in [0, 0.05) is 11.3 Å². The van der Waals surface area contributed by atoms with Gasteiger partial charge < -0.3 is 20.2 Å². The lowest BCUT2D eigenvalue weighted by atomic mass is 9.86. The molecule has 1 unspecified atom stereocenters. The summed E-state index contributed by atoms with van der Waals surface area (Å²) in [6, 6.07) is 10.6. The summed E-state index contributed by atoms with van der Waals surface area (Å²) in [6.45, 7) is -0.0852. The van der Waals surface area contributed by atoms with Gasteiger partial charge in [0.15, 0.2) is 5.84 Å². The van der Waals surface area contributed by atoms with E-state index in [-0.39, 0.29) is 30.6 Å². The molecule has 2 aromatic rings. The number of hydrogen-bond acceptors (Lipinski definition) is 7. The number of benzene rings is 2. The third-order valence-electron chi connectivity index (χ3n) is 4.62. The minimum Gasteiger partial charge on any atom is -0.507 e. The van der Waals surface area contributed by atoms with E-state index in [1.807, 2.05) is 12.1 Å². The average Bonchev–Trinajstić information content (AvgIpc) is 3.12. The van der Waals surface area contributed by atoms with Crippen LogP contribution in [0.4, 0.5) is 5.69 Å². The Balaban J connectivity index is 1.90. The molecule has 0 fully saturated rings. The predicted octanol–water partition coefficient (Wildman–Crippen LogP) is 0.891. The van der Waals surface area contributed by atoms with E-state index in [0.717, 1.165) is 16.8 Å². The van der Waals surface area contributed by atoms with Gasteiger partial charge in [-0.3, -0.25) is 10.2 Å². The van der Waals surface area contributed by atoms with E-state index in [2.05, 4.69) is 10.5 Å². The number of hydrazone groups is 1. The number of amidine groups is 1. The first-order valence-electron chi connectivity index (χ1n) is 7.94. The number of phenols is 1. The van der Waals surface area contributed by atoms with Crippen LogP contribution in [0, 0.1) is 0 Å². The van der Waals surface area contributed by atoms with E-state index in [0.29, 0.717) is 17.8 Å². The highest BCUT2D eigenvalue weighted by atomic mass is 16.3. The Kier molecular flexibility index (Phi) is 3.67. The van der Waals surface area contributed by atoms with Crippen molar-refractivity contribution in [1.82, 2.24) is 5.43 Å². The zero-order valence-electron chi connectivity index (χ0n) is 13.3. The molecule has 1 atom stereocenters. The quantitative estimate of drug-likeness (QED) is 0.662. The Bertz CT molecular complexity index is 894. The monoisotopic (exact) mass is 339 g/mol. The maximum atomic E-state index is 12.5. The van der Waals surface area contributed by atoms with Gasteiger partial charge in [0.05, 0.1) is 19.1 Å². The molecule has 4 rings (SSSR count). The van der Waals surface area contributed by atoms with E-state index in [4.69, 9.17) is 0 Å². The molecule has 7 nitrogen and oxygen atoms in total. The van der Waals surface area contributed by atoms with Gasteiger partial charge >= 0.3 is 0 Å². The smallest absolute Gasteiger partial charge is 0.209 e. The first-order chi connectivity index (χ1) is 12.1. The number of carbonyl (C=O) groups excluding carboxylic acids is 1. The topological polar surface area (TPSA) is 105 Å². The summed E-state index contributed by atoms with van der Waals surface area (Å²) in [4.78, 5) is 14.2. The van der Waals surface area contributed by atoms with Crippen molar-refractivity contribution in [2.45, 2.75) is 12.5 Å². The largest absolute Gasteiger partial charge is 0.507 e. The number of anilines is 1. The van der Waals surface area contributed by atoms with Crippen molar-refractivity contribution < 1.29 is 20.1 Å². The van der Waals surface area contributed by atoms with Gasteiger partial charge in [0.1, 0.15) is 12.4 Å². The van der Waals surface area contributed by atoms with Crippen LogP contribution in [0.2, 0.25) is 0 Å². The van der Waals surface area contributed by atoms with Crippen LogP contribution in [0.3, 0.4) is 0 Å². The maximum Gasteiger partial charge on any atom is 0.209 e. The summed E-state index contributed by atoms with van der Waals surface area (Å²) in [6.07, 6.45) is 0. The number of rotatable bonds is 3. The van der Waals surface area contributed by atoms with Gasteiger partial charge in [-0.05, 0) is 34.9 Å². The number of carbonyl (C=O) groups is 1. The van der Waals surface area contributed by atoms with Gasteiger partial charge in [-0.1, -0.05) is 18.2 Å². The summed E-state index contributed by atoms with van der Waals surface area (Å²) in [5.74, 6) is -0.719. The van der Waals surface area contributed by atoms with Crippen molar-refractivity contribution in [2.75, 3.05) is 18.2 Å². The minimum absolute atomic E-state index is 0.0210. The van der Waals surface area contributed by atoms with Gasteiger partial charge in [-0.15, -0.1) is 0 Å². The summed E-state index contributed by atoms with van der Waals surface area (Å²) >= 11 is 0. The molecule has 2 heterocycles. The summed E-state index contributed by atoms with van der Waals surface area (Å²) in [5.41, 5.74) is 6.18. The van der Waals surface area contributed by atoms with Crippen molar-refractivity contribution in [1.29, 1.82) is 0 Å². The van der Waals surface area contributed by atoms with Crippen LogP contribution in [0.15, 0.2) is 41.5 Å². The normalized spacial score (nSPS) is 18.5. The van der Waals surface area contributed by atoms with E-state index >= 15 is 0 Å². The summed E-state index contributed by atoms with van der Waals surface area (Å²) in [5, 5.41) is 33.5. The number of nitrogens with one attached hydrogen (secondary N) is 1. The lowest BCUT2D eigenvalue weighted by Crippen LogP contribution is -2.43. The molecular weight excluding hydrogens is 322 g/mol. The highest BCUT2D eigenvalue weighted by Gasteiger charge is 2.40. The van der Waals surface area contributed by atoms with Crippen molar-refractivity contribution in [3.8, 4) is 16.9 Å². The third-order valence-corrected chi connectivity index (χ3v) is 4.62.